The Balaban J connectivity index is 2.65. The number of rotatable bonds is 4. The second kappa shape index (κ2) is 4.93. The van der Waals surface area contributed by atoms with Crippen molar-refractivity contribution < 1.29 is 29.3 Å². The topological polar surface area (TPSA) is 104 Å². The lowest BCUT2D eigenvalue weighted by Gasteiger charge is -2.36. The van der Waals surface area contributed by atoms with Gasteiger partial charge in [-0.2, -0.15) is 0 Å². The zero-order valence-corrected chi connectivity index (χ0v) is 8.59. The number of likely N-dealkylation sites (tertiary alicyclic amines) is 1. The molecule has 0 radical (unpaired) electrons. The predicted octanol–water partition coefficient (Wildman–Crippen LogP) is -0.201. The Morgan fingerprint density at radius 2 is 1.88 bits per heavy atom. The number of carbonyl (C=O) groups excluding carboxylic acids is 1. The highest BCUT2D eigenvalue weighted by Gasteiger charge is 2.43. The first kappa shape index (κ1) is 12.4. The molecule has 0 spiro atoms. The first-order valence-corrected chi connectivity index (χ1v) is 4.81. The standard InChI is InChI=1S/C9H13NO6/c11-5-6-16-9(7(12)13)1-3-10(4-2-9)8(14)15/h5H,1-4,6H2,(H,12,13)(H,14,15). The van der Waals surface area contributed by atoms with E-state index in [0.29, 0.717) is 6.29 Å². The van der Waals surface area contributed by atoms with Gasteiger partial charge >= 0.3 is 12.1 Å². The molecule has 2 N–H and O–H groups in total. The van der Waals surface area contributed by atoms with Crippen LogP contribution in [0.1, 0.15) is 12.8 Å². The minimum Gasteiger partial charge on any atom is -0.479 e. The van der Waals surface area contributed by atoms with Gasteiger partial charge in [-0.3, -0.25) is 0 Å². The minimum absolute atomic E-state index is 0.0580. The molecule has 7 heteroatoms. The van der Waals surface area contributed by atoms with Crippen LogP contribution in [0.2, 0.25) is 0 Å². The summed E-state index contributed by atoms with van der Waals surface area (Å²) in [6, 6.07) is 0. The monoisotopic (exact) mass is 231 g/mol. The predicted molar refractivity (Wildman–Crippen MR) is 51.2 cm³/mol. The quantitative estimate of drug-likeness (QED) is 0.649. The zero-order valence-electron chi connectivity index (χ0n) is 8.59. The van der Waals surface area contributed by atoms with Crippen LogP contribution in [-0.4, -0.2) is 58.8 Å². The molecule has 0 aromatic rings. The maximum Gasteiger partial charge on any atom is 0.407 e. The van der Waals surface area contributed by atoms with E-state index in [1.807, 2.05) is 0 Å². The minimum atomic E-state index is -1.42. The van der Waals surface area contributed by atoms with Crippen LogP contribution in [0, 0.1) is 0 Å². The number of carbonyl (C=O) groups is 3. The molecule has 16 heavy (non-hydrogen) atoms. The van der Waals surface area contributed by atoms with Crippen molar-refractivity contribution in [2.75, 3.05) is 19.7 Å². The fourth-order valence-electron chi connectivity index (χ4n) is 1.67. The van der Waals surface area contributed by atoms with Crippen LogP contribution in [0.3, 0.4) is 0 Å². The molecule has 1 saturated heterocycles. The van der Waals surface area contributed by atoms with E-state index in [-0.39, 0.29) is 32.5 Å². The molecule has 0 saturated carbocycles. The van der Waals surface area contributed by atoms with E-state index in [1.54, 1.807) is 0 Å². The number of hydrogen-bond acceptors (Lipinski definition) is 4. The number of piperidine rings is 1. The molecular weight excluding hydrogens is 218 g/mol. The second-order valence-corrected chi connectivity index (χ2v) is 3.55. The summed E-state index contributed by atoms with van der Waals surface area (Å²) in [7, 11) is 0. The van der Waals surface area contributed by atoms with E-state index >= 15 is 0 Å². The molecule has 0 unspecified atom stereocenters. The largest absolute Gasteiger partial charge is 0.479 e. The molecule has 1 heterocycles. The molecule has 7 nitrogen and oxygen atoms in total. The fourth-order valence-corrected chi connectivity index (χ4v) is 1.67. The lowest BCUT2D eigenvalue weighted by atomic mass is 9.91. The number of hydrogen-bond donors (Lipinski definition) is 2. The Hall–Kier alpha value is -1.63. The Labute approximate surface area is 91.6 Å². The summed E-state index contributed by atoms with van der Waals surface area (Å²) in [5.74, 6) is -1.15. The number of carboxylic acids is 1. The van der Waals surface area contributed by atoms with Crippen LogP contribution in [0.25, 0.3) is 0 Å². The summed E-state index contributed by atoms with van der Waals surface area (Å²) in [6.45, 7) is -0.0969. The molecule has 1 aliphatic rings. The number of amides is 1. The van der Waals surface area contributed by atoms with Gasteiger partial charge in [0, 0.05) is 25.9 Å². The average molecular weight is 231 g/mol. The molecule has 0 bridgehead atoms. The van der Waals surface area contributed by atoms with Gasteiger partial charge in [0.25, 0.3) is 0 Å². The molecule has 1 rings (SSSR count). The number of carboxylic acid groups (broad SMARTS) is 2. The van der Waals surface area contributed by atoms with Crippen molar-refractivity contribution in [3.63, 3.8) is 0 Å². The van der Waals surface area contributed by atoms with E-state index in [4.69, 9.17) is 14.9 Å². The normalized spacial score (nSPS) is 19.1. The average Bonchev–Trinajstić information content (AvgIpc) is 2.26. The third kappa shape index (κ3) is 2.48. The van der Waals surface area contributed by atoms with E-state index in [0.717, 1.165) is 4.90 Å². The van der Waals surface area contributed by atoms with Crippen molar-refractivity contribution in [1.82, 2.24) is 4.90 Å². The first-order chi connectivity index (χ1) is 7.52. The third-order valence-electron chi connectivity index (χ3n) is 2.66. The van der Waals surface area contributed by atoms with Crippen LogP contribution >= 0.6 is 0 Å². The summed E-state index contributed by atoms with van der Waals surface area (Å²) in [4.78, 5) is 33.0. The van der Waals surface area contributed by atoms with Crippen LogP contribution in [0.15, 0.2) is 0 Å². The van der Waals surface area contributed by atoms with Crippen LogP contribution in [-0.2, 0) is 14.3 Å². The van der Waals surface area contributed by atoms with Gasteiger partial charge in [0.1, 0.15) is 12.9 Å². The van der Waals surface area contributed by atoms with E-state index in [2.05, 4.69) is 0 Å². The molecule has 1 aliphatic heterocycles. The van der Waals surface area contributed by atoms with Crippen molar-refractivity contribution in [2.45, 2.75) is 18.4 Å². The summed E-state index contributed by atoms with van der Waals surface area (Å²) in [5, 5.41) is 17.7. The molecule has 0 aromatic carbocycles. The number of aldehydes is 1. The maximum atomic E-state index is 11.1. The molecule has 90 valence electrons. The highest BCUT2D eigenvalue weighted by molar-refractivity contribution is 5.78. The van der Waals surface area contributed by atoms with Gasteiger partial charge in [-0.25, -0.2) is 9.59 Å². The second-order valence-electron chi connectivity index (χ2n) is 3.55. The van der Waals surface area contributed by atoms with E-state index < -0.39 is 17.7 Å². The molecule has 1 amide bonds. The highest BCUT2D eigenvalue weighted by Crippen LogP contribution is 2.26. The van der Waals surface area contributed by atoms with Gasteiger partial charge in [-0.05, 0) is 0 Å². The molecule has 0 atom stereocenters. The van der Waals surface area contributed by atoms with Crippen LogP contribution < -0.4 is 0 Å². The smallest absolute Gasteiger partial charge is 0.407 e. The van der Waals surface area contributed by atoms with Crippen molar-refractivity contribution >= 4 is 18.3 Å². The summed E-state index contributed by atoms with van der Waals surface area (Å²) >= 11 is 0. The van der Waals surface area contributed by atoms with Crippen molar-refractivity contribution in [3.8, 4) is 0 Å². The third-order valence-corrected chi connectivity index (χ3v) is 2.66. The first-order valence-electron chi connectivity index (χ1n) is 4.81. The van der Waals surface area contributed by atoms with Crippen molar-refractivity contribution in [3.05, 3.63) is 0 Å². The van der Waals surface area contributed by atoms with Gasteiger partial charge in [0.05, 0.1) is 0 Å². The van der Waals surface area contributed by atoms with Crippen LogP contribution in [0.5, 0.6) is 0 Å². The van der Waals surface area contributed by atoms with Crippen molar-refractivity contribution in [1.29, 1.82) is 0 Å². The molecule has 0 aliphatic carbocycles. The Bertz CT molecular complexity index is 294. The highest BCUT2D eigenvalue weighted by atomic mass is 16.5. The SMILES string of the molecule is O=CCOC1(C(=O)O)CCN(C(=O)O)CC1. The molecule has 1 fully saturated rings. The Kier molecular flexibility index (Phi) is 3.83. The van der Waals surface area contributed by atoms with Crippen molar-refractivity contribution in [2.24, 2.45) is 0 Å². The van der Waals surface area contributed by atoms with Gasteiger partial charge < -0.3 is 24.6 Å². The fraction of sp³-hybridized carbons (Fsp3) is 0.667. The Morgan fingerprint density at radius 3 is 2.25 bits per heavy atom. The zero-order chi connectivity index (χ0) is 12.2. The summed E-state index contributed by atoms with van der Waals surface area (Å²) in [6.07, 6.45) is -0.478. The maximum absolute atomic E-state index is 11.1. The van der Waals surface area contributed by atoms with E-state index in [9.17, 15) is 14.4 Å². The number of ether oxygens (including phenoxy) is 1. The molecular formula is C9H13NO6. The Morgan fingerprint density at radius 1 is 1.31 bits per heavy atom. The van der Waals surface area contributed by atoms with E-state index in [1.165, 1.54) is 0 Å². The summed E-state index contributed by atoms with van der Waals surface area (Å²) < 4.78 is 5.02. The van der Waals surface area contributed by atoms with Gasteiger partial charge in [0.2, 0.25) is 0 Å². The lowest BCUT2D eigenvalue weighted by Crippen LogP contribution is -2.52. The molecule has 0 aromatic heterocycles. The lowest BCUT2D eigenvalue weighted by molar-refractivity contribution is -0.172. The van der Waals surface area contributed by atoms with Gasteiger partial charge in [-0.15, -0.1) is 0 Å². The van der Waals surface area contributed by atoms with Gasteiger partial charge in [0.15, 0.2) is 5.60 Å². The summed E-state index contributed by atoms with van der Waals surface area (Å²) in [5.41, 5.74) is -1.42. The van der Waals surface area contributed by atoms with Crippen LogP contribution in [0.4, 0.5) is 4.79 Å². The number of aliphatic carboxylic acids is 1. The number of nitrogens with zero attached hydrogens (tertiary/aromatic N) is 1. The van der Waals surface area contributed by atoms with Gasteiger partial charge in [-0.1, -0.05) is 0 Å².